The number of piperidine rings is 1. The van der Waals surface area contributed by atoms with E-state index in [0.29, 0.717) is 5.92 Å². The Hall–Kier alpha value is -0.770. The van der Waals surface area contributed by atoms with Crippen molar-refractivity contribution in [2.45, 2.75) is 32.7 Å². The molecule has 4 heteroatoms. The van der Waals surface area contributed by atoms with Crippen molar-refractivity contribution >= 4 is 6.03 Å². The molecule has 1 fully saturated rings. The summed E-state index contributed by atoms with van der Waals surface area (Å²) in [6.07, 6.45) is 2.12. The number of carbonyl (C=O) groups excluding carboxylic acids is 1. The molecule has 1 rings (SSSR count). The minimum Gasteiger partial charge on any atom is -0.338 e. The number of hydrogen-bond donors (Lipinski definition) is 3. The molecule has 0 aromatic carbocycles. The lowest BCUT2D eigenvalue weighted by atomic mass is 9.95. The van der Waals surface area contributed by atoms with Gasteiger partial charge in [0.15, 0.2) is 0 Å². The van der Waals surface area contributed by atoms with Crippen molar-refractivity contribution in [3.8, 4) is 0 Å². The van der Waals surface area contributed by atoms with Gasteiger partial charge in [0.05, 0.1) is 0 Å². The molecule has 0 aliphatic carbocycles. The third-order valence-corrected chi connectivity index (χ3v) is 2.68. The number of carbonyl (C=O) groups is 1. The summed E-state index contributed by atoms with van der Waals surface area (Å²) < 4.78 is 0. The maximum Gasteiger partial charge on any atom is 0.315 e. The van der Waals surface area contributed by atoms with Gasteiger partial charge < -0.3 is 16.0 Å². The molecule has 2 atom stereocenters. The van der Waals surface area contributed by atoms with Crippen molar-refractivity contribution in [3.63, 3.8) is 0 Å². The second kappa shape index (κ2) is 5.86. The van der Waals surface area contributed by atoms with Crippen molar-refractivity contribution in [2.24, 2.45) is 5.92 Å². The minimum absolute atomic E-state index is 0.0348. The second-order valence-electron chi connectivity index (χ2n) is 3.98. The summed E-state index contributed by atoms with van der Waals surface area (Å²) in [5.41, 5.74) is 0. The van der Waals surface area contributed by atoms with Crippen molar-refractivity contribution in [2.75, 3.05) is 19.6 Å². The van der Waals surface area contributed by atoms with E-state index in [9.17, 15) is 4.79 Å². The Morgan fingerprint density at radius 1 is 1.57 bits per heavy atom. The van der Waals surface area contributed by atoms with Crippen LogP contribution in [0.25, 0.3) is 0 Å². The Morgan fingerprint density at radius 3 is 3.00 bits per heavy atom. The van der Waals surface area contributed by atoms with Crippen LogP contribution in [0, 0.1) is 5.92 Å². The van der Waals surface area contributed by atoms with E-state index in [1.807, 2.05) is 6.92 Å². The zero-order valence-electron chi connectivity index (χ0n) is 9.10. The van der Waals surface area contributed by atoms with Crippen molar-refractivity contribution < 1.29 is 4.79 Å². The highest BCUT2D eigenvalue weighted by molar-refractivity contribution is 5.74. The summed E-state index contributed by atoms with van der Waals surface area (Å²) in [7, 11) is 0. The van der Waals surface area contributed by atoms with Crippen LogP contribution in [0.3, 0.4) is 0 Å². The predicted octanol–water partition coefficient (Wildman–Crippen LogP) is 0.694. The predicted molar refractivity (Wildman–Crippen MR) is 57.3 cm³/mol. The zero-order chi connectivity index (χ0) is 10.4. The Bertz CT molecular complexity index is 184. The van der Waals surface area contributed by atoms with E-state index in [2.05, 4.69) is 22.9 Å². The smallest absolute Gasteiger partial charge is 0.315 e. The minimum atomic E-state index is -0.0348. The van der Waals surface area contributed by atoms with Gasteiger partial charge in [0, 0.05) is 19.1 Å². The summed E-state index contributed by atoms with van der Waals surface area (Å²) in [6, 6.07) is 0.244. The van der Waals surface area contributed by atoms with Gasteiger partial charge in [-0.15, -0.1) is 0 Å². The molecule has 1 heterocycles. The topological polar surface area (TPSA) is 53.2 Å². The monoisotopic (exact) mass is 199 g/mol. The number of rotatable bonds is 3. The average molecular weight is 199 g/mol. The Balaban J connectivity index is 2.23. The highest BCUT2D eigenvalue weighted by Crippen LogP contribution is 2.10. The van der Waals surface area contributed by atoms with E-state index in [1.54, 1.807) is 0 Å². The highest BCUT2D eigenvalue weighted by atomic mass is 16.2. The molecule has 2 amide bonds. The highest BCUT2D eigenvalue weighted by Gasteiger charge is 2.21. The lowest BCUT2D eigenvalue weighted by Crippen LogP contribution is -2.52. The molecule has 0 saturated carbocycles. The van der Waals surface area contributed by atoms with E-state index < -0.39 is 0 Å². The largest absolute Gasteiger partial charge is 0.338 e. The number of hydrogen-bond acceptors (Lipinski definition) is 2. The first-order chi connectivity index (χ1) is 6.74. The van der Waals surface area contributed by atoms with Crippen LogP contribution < -0.4 is 16.0 Å². The molecule has 1 aliphatic rings. The molecule has 1 aliphatic heterocycles. The second-order valence-corrected chi connectivity index (χ2v) is 3.98. The van der Waals surface area contributed by atoms with Crippen molar-refractivity contribution in [1.82, 2.24) is 16.0 Å². The normalized spacial score (nSPS) is 27.0. The number of nitrogens with one attached hydrogen (secondary N) is 3. The SMILES string of the molecule is CCCNC(=O)NC1CNCCC1C. The average Bonchev–Trinajstić information content (AvgIpc) is 2.18. The first-order valence-corrected chi connectivity index (χ1v) is 5.49. The quantitative estimate of drug-likeness (QED) is 0.626. The van der Waals surface area contributed by atoms with Crippen LogP contribution in [0.5, 0.6) is 0 Å². The number of urea groups is 1. The third-order valence-electron chi connectivity index (χ3n) is 2.68. The van der Waals surface area contributed by atoms with Crippen LogP contribution in [0.4, 0.5) is 4.79 Å². The molecule has 0 radical (unpaired) electrons. The van der Waals surface area contributed by atoms with Crippen LogP contribution in [0.15, 0.2) is 0 Å². The first-order valence-electron chi connectivity index (χ1n) is 5.49. The van der Waals surface area contributed by atoms with Gasteiger partial charge in [-0.1, -0.05) is 13.8 Å². The molecule has 4 nitrogen and oxygen atoms in total. The fourth-order valence-electron chi connectivity index (χ4n) is 1.64. The maximum absolute atomic E-state index is 11.4. The summed E-state index contributed by atoms with van der Waals surface area (Å²) in [6.45, 7) is 6.94. The van der Waals surface area contributed by atoms with E-state index >= 15 is 0 Å². The molecule has 2 unspecified atom stereocenters. The van der Waals surface area contributed by atoms with Crippen LogP contribution in [0.2, 0.25) is 0 Å². The van der Waals surface area contributed by atoms with Crippen molar-refractivity contribution in [3.05, 3.63) is 0 Å². The van der Waals surface area contributed by atoms with Gasteiger partial charge in [0.25, 0.3) is 0 Å². The lowest BCUT2D eigenvalue weighted by Gasteiger charge is -2.30. The molecule has 14 heavy (non-hydrogen) atoms. The van der Waals surface area contributed by atoms with Crippen LogP contribution in [0.1, 0.15) is 26.7 Å². The fourth-order valence-corrected chi connectivity index (χ4v) is 1.64. The summed E-state index contributed by atoms with van der Waals surface area (Å²) >= 11 is 0. The summed E-state index contributed by atoms with van der Waals surface area (Å²) in [5, 5.41) is 9.10. The zero-order valence-corrected chi connectivity index (χ0v) is 9.10. The Labute approximate surface area is 85.8 Å². The van der Waals surface area contributed by atoms with E-state index in [-0.39, 0.29) is 12.1 Å². The molecule has 1 saturated heterocycles. The first kappa shape index (κ1) is 11.3. The van der Waals surface area contributed by atoms with E-state index in [1.165, 1.54) is 0 Å². The van der Waals surface area contributed by atoms with E-state index in [4.69, 9.17) is 0 Å². The fraction of sp³-hybridized carbons (Fsp3) is 0.900. The van der Waals surface area contributed by atoms with Crippen LogP contribution in [-0.4, -0.2) is 31.7 Å². The third kappa shape index (κ3) is 3.54. The lowest BCUT2D eigenvalue weighted by molar-refractivity contribution is 0.225. The molecule has 0 spiro atoms. The van der Waals surface area contributed by atoms with Gasteiger partial charge in [0.1, 0.15) is 0 Å². The molecular formula is C10H21N3O. The van der Waals surface area contributed by atoms with Gasteiger partial charge in [-0.05, 0) is 25.3 Å². The molecule has 0 aromatic heterocycles. The molecule has 3 N–H and O–H groups in total. The molecular weight excluding hydrogens is 178 g/mol. The van der Waals surface area contributed by atoms with Gasteiger partial charge in [-0.2, -0.15) is 0 Å². The van der Waals surface area contributed by atoms with E-state index in [0.717, 1.165) is 32.5 Å². The summed E-state index contributed by atoms with van der Waals surface area (Å²) in [5.74, 6) is 0.573. The van der Waals surface area contributed by atoms with Gasteiger partial charge >= 0.3 is 6.03 Å². The molecule has 0 aromatic rings. The van der Waals surface area contributed by atoms with Crippen LogP contribution >= 0.6 is 0 Å². The van der Waals surface area contributed by atoms with Crippen LogP contribution in [-0.2, 0) is 0 Å². The van der Waals surface area contributed by atoms with Gasteiger partial charge in [-0.3, -0.25) is 0 Å². The summed E-state index contributed by atoms with van der Waals surface area (Å²) in [4.78, 5) is 11.4. The Kier molecular flexibility index (Phi) is 4.73. The van der Waals surface area contributed by atoms with Gasteiger partial charge in [0.2, 0.25) is 0 Å². The van der Waals surface area contributed by atoms with Gasteiger partial charge in [-0.25, -0.2) is 4.79 Å². The molecule has 82 valence electrons. The van der Waals surface area contributed by atoms with Crippen molar-refractivity contribution in [1.29, 1.82) is 0 Å². The number of amides is 2. The standard InChI is InChI=1S/C10H21N3O/c1-3-5-12-10(14)13-9-7-11-6-4-8(9)2/h8-9,11H,3-7H2,1-2H3,(H2,12,13,14). The Morgan fingerprint density at radius 2 is 2.36 bits per heavy atom. The maximum atomic E-state index is 11.4. The molecule has 0 bridgehead atoms.